The van der Waals surface area contributed by atoms with Crippen LogP contribution in [0.25, 0.3) is 0 Å². The number of hydrogen-bond donors (Lipinski definition) is 2. The Bertz CT molecular complexity index is 676. The molecule has 22 heavy (non-hydrogen) atoms. The number of hydrogen-bond acceptors (Lipinski definition) is 1. The Morgan fingerprint density at radius 3 is 2.55 bits per heavy atom. The van der Waals surface area contributed by atoms with Gasteiger partial charge in [0.25, 0.3) is 0 Å². The van der Waals surface area contributed by atoms with Gasteiger partial charge < -0.3 is 10.6 Å². The molecular formula is C19H22N2O. The van der Waals surface area contributed by atoms with Gasteiger partial charge in [-0.25, -0.2) is 4.79 Å². The molecule has 0 bridgehead atoms. The third kappa shape index (κ3) is 3.30. The van der Waals surface area contributed by atoms with Crippen LogP contribution in [0.2, 0.25) is 0 Å². The lowest BCUT2D eigenvalue weighted by atomic mass is 10.1. The molecule has 0 saturated heterocycles. The summed E-state index contributed by atoms with van der Waals surface area (Å²) >= 11 is 0. The van der Waals surface area contributed by atoms with E-state index < -0.39 is 0 Å². The average molecular weight is 294 g/mol. The second-order valence-corrected chi connectivity index (χ2v) is 6.07. The molecule has 114 valence electrons. The molecule has 2 N–H and O–H groups in total. The van der Waals surface area contributed by atoms with E-state index in [1.807, 2.05) is 13.0 Å². The highest BCUT2D eigenvalue weighted by atomic mass is 16.2. The highest BCUT2D eigenvalue weighted by molar-refractivity contribution is 5.89. The van der Waals surface area contributed by atoms with Crippen LogP contribution in [0.1, 0.15) is 41.6 Å². The van der Waals surface area contributed by atoms with Gasteiger partial charge in [0.05, 0.1) is 6.04 Å². The molecule has 2 amide bonds. The van der Waals surface area contributed by atoms with Gasteiger partial charge in [-0.1, -0.05) is 35.9 Å². The Balaban J connectivity index is 1.61. The van der Waals surface area contributed by atoms with Gasteiger partial charge in [-0.05, 0) is 61.9 Å². The summed E-state index contributed by atoms with van der Waals surface area (Å²) in [6.45, 7) is 4.05. The summed E-state index contributed by atoms with van der Waals surface area (Å²) < 4.78 is 0. The van der Waals surface area contributed by atoms with Gasteiger partial charge in [0.2, 0.25) is 0 Å². The number of fused-ring (bicyclic) bond motifs is 1. The largest absolute Gasteiger partial charge is 0.331 e. The summed E-state index contributed by atoms with van der Waals surface area (Å²) in [6, 6.07) is 14.3. The van der Waals surface area contributed by atoms with Crippen molar-refractivity contribution in [1.29, 1.82) is 0 Å². The fourth-order valence-corrected chi connectivity index (χ4v) is 2.95. The molecule has 0 unspecified atom stereocenters. The molecule has 0 aromatic heterocycles. The van der Waals surface area contributed by atoms with Gasteiger partial charge >= 0.3 is 6.03 Å². The smallest absolute Gasteiger partial charge is 0.319 e. The lowest BCUT2D eigenvalue weighted by Crippen LogP contribution is -2.31. The molecule has 0 radical (unpaired) electrons. The van der Waals surface area contributed by atoms with Crippen LogP contribution in [0.3, 0.4) is 0 Å². The Kier molecular flexibility index (Phi) is 4.14. The molecule has 0 fully saturated rings. The predicted octanol–water partition coefficient (Wildman–Crippen LogP) is 4.37. The minimum absolute atomic E-state index is 0.0185. The van der Waals surface area contributed by atoms with E-state index in [2.05, 4.69) is 54.0 Å². The quantitative estimate of drug-likeness (QED) is 0.867. The zero-order chi connectivity index (χ0) is 15.5. The molecular weight excluding hydrogens is 272 g/mol. The molecule has 3 rings (SSSR count). The van der Waals surface area contributed by atoms with Crippen LogP contribution in [0.15, 0.2) is 42.5 Å². The molecule has 1 aliphatic carbocycles. The van der Waals surface area contributed by atoms with Gasteiger partial charge in [-0.15, -0.1) is 0 Å². The molecule has 2 aromatic carbocycles. The number of aryl methyl sites for hydroxylation is 3. The Morgan fingerprint density at radius 2 is 1.77 bits per heavy atom. The Hall–Kier alpha value is -2.29. The van der Waals surface area contributed by atoms with Crippen molar-refractivity contribution in [3.05, 3.63) is 64.7 Å². The SMILES string of the molecule is Cc1ccc([C@H](C)NC(=O)Nc2ccc3c(c2)CCC3)cc1. The van der Waals surface area contributed by atoms with Crippen LogP contribution in [-0.2, 0) is 12.8 Å². The summed E-state index contributed by atoms with van der Waals surface area (Å²) in [6.07, 6.45) is 3.49. The van der Waals surface area contributed by atoms with E-state index in [0.29, 0.717) is 0 Å². The van der Waals surface area contributed by atoms with Crippen molar-refractivity contribution in [2.45, 2.75) is 39.2 Å². The third-order valence-electron chi connectivity index (χ3n) is 4.28. The van der Waals surface area contributed by atoms with Crippen LogP contribution in [0, 0.1) is 6.92 Å². The second-order valence-electron chi connectivity index (χ2n) is 6.07. The van der Waals surface area contributed by atoms with Crippen LogP contribution < -0.4 is 10.6 Å². The monoisotopic (exact) mass is 294 g/mol. The first-order valence-corrected chi connectivity index (χ1v) is 7.88. The first-order valence-electron chi connectivity index (χ1n) is 7.88. The summed E-state index contributed by atoms with van der Waals surface area (Å²) in [5.74, 6) is 0. The molecule has 1 aliphatic rings. The van der Waals surface area contributed by atoms with E-state index in [1.165, 1.54) is 23.1 Å². The Labute approximate surface area is 131 Å². The maximum Gasteiger partial charge on any atom is 0.319 e. The first kappa shape index (κ1) is 14.6. The number of benzene rings is 2. The molecule has 0 spiro atoms. The van der Waals surface area contributed by atoms with E-state index in [1.54, 1.807) is 0 Å². The number of carbonyl (C=O) groups is 1. The average Bonchev–Trinajstić information content (AvgIpc) is 2.95. The Morgan fingerprint density at radius 1 is 1.05 bits per heavy atom. The van der Waals surface area contributed by atoms with E-state index in [0.717, 1.165) is 24.1 Å². The maximum atomic E-state index is 12.1. The summed E-state index contributed by atoms with van der Waals surface area (Å²) in [7, 11) is 0. The van der Waals surface area contributed by atoms with Crippen molar-refractivity contribution in [3.63, 3.8) is 0 Å². The van der Waals surface area contributed by atoms with Crippen LogP contribution in [0.4, 0.5) is 10.5 Å². The highest BCUT2D eigenvalue weighted by Crippen LogP contribution is 2.25. The molecule has 1 atom stereocenters. The zero-order valence-corrected chi connectivity index (χ0v) is 13.1. The van der Waals surface area contributed by atoms with Crippen molar-refractivity contribution in [1.82, 2.24) is 5.32 Å². The molecule has 0 saturated carbocycles. The number of rotatable bonds is 3. The lowest BCUT2D eigenvalue weighted by Gasteiger charge is -2.15. The van der Waals surface area contributed by atoms with Crippen molar-refractivity contribution in [2.24, 2.45) is 0 Å². The van der Waals surface area contributed by atoms with E-state index in [9.17, 15) is 4.79 Å². The van der Waals surface area contributed by atoms with Crippen molar-refractivity contribution in [2.75, 3.05) is 5.32 Å². The van der Waals surface area contributed by atoms with Crippen LogP contribution >= 0.6 is 0 Å². The fraction of sp³-hybridized carbons (Fsp3) is 0.316. The minimum atomic E-state index is -0.161. The van der Waals surface area contributed by atoms with Gasteiger partial charge in [-0.3, -0.25) is 0 Å². The molecule has 3 nitrogen and oxygen atoms in total. The molecule has 0 aliphatic heterocycles. The molecule has 3 heteroatoms. The fourth-order valence-electron chi connectivity index (χ4n) is 2.95. The first-order chi connectivity index (χ1) is 10.6. The zero-order valence-electron chi connectivity index (χ0n) is 13.1. The number of nitrogens with one attached hydrogen (secondary N) is 2. The van der Waals surface area contributed by atoms with E-state index in [-0.39, 0.29) is 12.1 Å². The number of carbonyl (C=O) groups excluding carboxylic acids is 1. The summed E-state index contributed by atoms with van der Waals surface area (Å²) in [5, 5.41) is 5.92. The van der Waals surface area contributed by atoms with Crippen molar-refractivity contribution >= 4 is 11.7 Å². The second kappa shape index (κ2) is 6.22. The normalized spacial score (nSPS) is 14.3. The summed E-state index contributed by atoms with van der Waals surface area (Å²) in [5.41, 5.74) is 5.98. The maximum absolute atomic E-state index is 12.1. The van der Waals surface area contributed by atoms with Crippen LogP contribution in [-0.4, -0.2) is 6.03 Å². The summed E-state index contributed by atoms with van der Waals surface area (Å²) in [4.78, 5) is 12.1. The molecule has 2 aromatic rings. The minimum Gasteiger partial charge on any atom is -0.331 e. The standard InChI is InChI=1S/C19H22N2O/c1-13-6-8-15(9-7-13)14(2)20-19(22)21-18-11-10-16-4-3-5-17(16)12-18/h6-12,14H,3-5H2,1-2H3,(H2,20,21,22)/t14-/m0/s1. The van der Waals surface area contributed by atoms with Gasteiger partial charge in [0.1, 0.15) is 0 Å². The number of amides is 2. The highest BCUT2D eigenvalue weighted by Gasteiger charge is 2.13. The number of urea groups is 1. The van der Waals surface area contributed by atoms with Gasteiger partial charge in [0, 0.05) is 5.69 Å². The van der Waals surface area contributed by atoms with Gasteiger partial charge in [0.15, 0.2) is 0 Å². The van der Waals surface area contributed by atoms with E-state index in [4.69, 9.17) is 0 Å². The topological polar surface area (TPSA) is 41.1 Å². The lowest BCUT2D eigenvalue weighted by molar-refractivity contribution is 0.249. The van der Waals surface area contributed by atoms with Crippen molar-refractivity contribution < 1.29 is 4.79 Å². The molecule has 0 heterocycles. The predicted molar refractivity (Wildman–Crippen MR) is 90.2 cm³/mol. The third-order valence-corrected chi connectivity index (χ3v) is 4.28. The van der Waals surface area contributed by atoms with Crippen molar-refractivity contribution in [3.8, 4) is 0 Å². The number of anilines is 1. The van der Waals surface area contributed by atoms with E-state index >= 15 is 0 Å². The van der Waals surface area contributed by atoms with Gasteiger partial charge in [-0.2, -0.15) is 0 Å². The van der Waals surface area contributed by atoms with Crippen LogP contribution in [0.5, 0.6) is 0 Å².